The molecule has 0 saturated heterocycles. The van der Waals surface area contributed by atoms with Gasteiger partial charge >= 0.3 is 5.97 Å². The zero-order chi connectivity index (χ0) is 15.6. The lowest BCUT2D eigenvalue weighted by atomic mass is 10.1. The van der Waals surface area contributed by atoms with E-state index in [1.165, 1.54) is 10.6 Å². The molecule has 0 saturated carbocycles. The van der Waals surface area contributed by atoms with Crippen molar-refractivity contribution in [3.05, 3.63) is 63.5 Å². The molecule has 0 atom stereocenters. The van der Waals surface area contributed by atoms with E-state index in [0.717, 1.165) is 12.3 Å². The van der Waals surface area contributed by atoms with Crippen molar-refractivity contribution in [3.8, 4) is 0 Å². The molecule has 0 fully saturated rings. The SMILES string of the molecule is NC(=O)c1ccccc1Cn1cc([N+](=O)[O-])cc1C(=O)O. The number of carboxylic acids is 1. The molecule has 1 heterocycles. The van der Waals surface area contributed by atoms with Crippen LogP contribution in [-0.2, 0) is 6.54 Å². The lowest BCUT2D eigenvalue weighted by Crippen LogP contribution is -2.16. The summed E-state index contributed by atoms with van der Waals surface area (Å²) in [7, 11) is 0. The van der Waals surface area contributed by atoms with Crippen LogP contribution in [0.25, 0.3) is 0 Å². The Balaban J connectivity index is 2.46. The molecule has 8 nitrogen and oxygen atoms in total. The number of nitro groups is 1. The first-order valence-electron chi connectivity index (χ1n) is 5.85. The summed E-state index contributed by atoms with van der Waals surface area (Å²) in [5.74, 6) is -1.94. The third kappa shape index (κ3) is 2.89. The van der Waals surface area contributed by atoms with E-state index in [1.54, 1.807) is 18.2 Å². The highest BCUT2D eigenvalue weighted by atomic mass is 16.6. The molecule has 0 spiro atoms. The number of amides is 1. The first-order chi connectivity index (χ1) is 9.90. The van der Waals surface area contributed by atoms with Gasteiger partial charge in [-0.1, -0.05) is 18.2 Å². The van der Waals surface area contributed by atoms with Gasteiger partial charge in [-0.15, -0.1) is 0 Å². The van der Waals surface area contributed by atoms with Crippen LogP contribution in [0.3, 0.4) is 0 Å². The minimum atomic E-state index is -1.29. The maximum absolute atomic E-state index is 11.3. The van der Waals surface area contributed by atoms with Crippen molar-refractivity contribution in [2.75, 3.05) is 0 Å². The summed E-state index contributed by atoms with van der Waals surface area (Å²) < 4.78 is 1.20. The van der Waals surface area contributed by atoms with Crippen molar-refractivity contribution in [2.45, 2.75) is 6.54 Å². The van der Waals surface area contributed by atoms with E-state index in [2.05, 4.69) is 0 Å². The number of aromatic nitrogens is 1. The number of benzene rings is 1. The zero-order valence-electron chi connectivity index (χ0n) is 10.7. The molecule has 0 aliphatic heterocycles. The molecule has 21 heavy (non-hydrogen) atoms. The Hall–Kier alpha value is -3.16. The van der Waals surface area contributed by atoms with E-state index < -0.39 is 16.8 Å². The Bertz CT molecular complexity index is 735. The Morgan fingerprint density at radius 1 is 1.33 bits per heavy atom. The zero-order valence-corrected chi connectivity index (χ0v) is 10.7. The van der Waals surface area contributed by atoms with Gasteiger partial charge in [-0.05, 0) is 11.6 Å². The Morgan fingerprint density at radius 2 is 2.00 bits per heavy atom. The molecular weight excluding hydrogens is 278 g/mol. The average Bonchev–Trinajstić information content (AvgIpc) is 2.83. The molecule has 3 N–H and O–H groups in total. The first-order valence-corrected chi connectivity index (χ1v) is 5.85. The summed E-state index contributed by atoms with van der Waals surface area (Å²) in [6.45, 7) is -0.00537. The van der Waals surface area contributed by atoms with E-state index >= 15 is 0 Å². The molecule has 1 aromatic carbocycles. The van der Waals surface area contributed by atoms with E-state index in [1.807, 2.05) is 0 Å². The summed E-state index contributed by atoms with van der Waals surface area (Å²) in [5.41, 5.74) is 5.41. The number of carboxylic acid groups (broad SMARTS) is 1. The van der Waals surface area contributed by atoms with Crippen molar-refractivity contribution in [2.24, 2.45) is 5.73 Å². The number of hydrogen-bond acceptors (Lipinski definition) is 4. The summed E-state index contributed by atoms with van der Waals surface area (Å²) in [6, 6.07) is 7.38. The fraction of sp³-hybridized carbons (Fsp3) is 0.0769. The Morgan fingerprint density at radius 3 is 2.57 bits per heavy atom. The van der Waals surface area contributed by atoms with Gasteiger partial charge in [0.05, 0.1) is 11.1 Å². The smallest absolute Gasteiger partial charge is 0.352 e. The van der Waals surface area contributed by atoms with E-state index in [4.69, 9.17) is 10.8 Å². The van der Waals surface area contributed by atoms with Crippen LogP contribution >= 0.6 is 0 Å². The van der Waals surface area contributed by atoms with Gasteiger partial charge < -0.3 is 15.4 Å². The summed E-state index contributed by atoms with van der Waals surface area (Å²) in [4.78, 5) is 32.5. The second-order valence-corrected chi connectivity index (χ2v) is 4.30. The van der Waals surface area contributed by atoms with Gasteiger partial charge in [0.1, 0.15) is 5.69 Å². The van der Waals surface area contributed by atoms with E-state index in [9.17, 15) is 19.7 Å². The third-order valence-corrected chi connectivity index (χ3v) is 2.94. The molecule has 0 aliphatic carbocycles. The number of nitrogens with zero attached hydrogens (tertiary/aromatic N) is 2. The highest BCUT2D eigenvalue weighted by molar-refractivity contribution is 5.94. The third-order valence-electron chi connectivity index (χ3n) is 2.94. The number of nitrogens with two attached hydrogens (primary N) is 1. The second-order valence-electron chi connectivity index (χ2n) is 4.30. The van der Waals surface area contributed by atoms with Gasteiger partial charge in [0, 0.05) is 18.2 Å². The van der Waals surface area contributed by atoms with Crippen LogP contribution in [0.2, 0.25) is 0 Å². The quantitative estimate of drug-likeness (QED) is 0.632. The van der Waals surface area contributed by atoms with Crippen LogP contribution in [0.15, 0.2) is 36.5 Å². The molecular formula is C13H11N3O5. The molecule has 0 radical (unpaired) electrons. The minimum absolute atomic E-state index is 0.00537. The highest BCUT2D eigenvalue weighted by Gasteiger charge is 2.19. The average molecular weight is 289 g/mol. The van der Waals surface area contributed by atoms with Gasteiger partial charge in [-0.2, -0.15) is 0 Å². The molecule has 0 aliphatic rings. The van der Waals surface area contributed by atoms with Gasteiger partial charge in [0.15, 0.2) is 0 Å². The lowest BCUT2D eigenvalue weighted by Gasteiger charge is -2.09. The topological polar surface area (TPSA) is 128 Å². The monoisotopic (exact) mass is 289 g/mol. The van der Waals surface area contributed by atoms with Crippen molar-refractivity contribution < 1.29 is 19.6 Å². The molecule has 2 rings (SSSR count). The first kappa shape index (κ1) is 14.3. The minimum Gasteiger partial charge on any atom is -0.477 e. The molecule has 8 heteroatoms. The Labute approximate surface area is 118 Å². The number of hydrogen-bond donors (Lipinski definition) is 2. The molecule has 1 aromatic heterocycles. The van der Waals surface area contributed by atoms with Crippen LogP contribution in [0.5, 0.6) is 0 Å². The fourth-order valence-corrected chi connectivity index (χ4v) is 1.99. The molecule has 2 aromatic rings. The van der Waals surface area contributed by atoms with E-state index in [0.29, 0.717) is 5.56 Å². The maximum atomic E-state index is 11.3. The number of aromatic carboxylic acids is 1. The number of carbonyl (C=O) groups excluding carboxylic acids is 1. The lowest BCUT2D eigenvalue weighted by molar-refractivity contribution is -0.384. The van der Waals surface area contributed by atoms with Crippen molar-refractivity contribution in [3.63, 3.8) is 0 Å². The number of carbonyl (C=O) groups is 2. The van der Waals surface area contributed by atoms with Gasteiger partial charge in [0.25, 0.3) is 5.69 Å². The summed E-state index contributed by atoms with van der Waals surface area (Å²) >= 11 is 0. The van der Waals surface area contributed by atoms with Crippen LogP contribution in [0.4, 0.5) is 5.69 Å². The molecule has 1 amide bonds. The van der Waals surface area contributed by atoms with Crippen LogP contribution in [0, 0.1) is 10.1 Å². The van der Waals surface area contributed by atoms with Gasteiger partial charge in [-0.25, -0.2) is 4.79 Å². The van der Waals surface area contributed by atoms with Crippen LogP contribution < -0.4 is 5.73 Å². The maximum Gasteiger partial charge on any atom is 0.352 e. The van der Waals surface area contributed by atoms with Gasteiger partial charge in [-0.3, -0.25) is 14.9 Å². The number of primary amides is 1. The van der Waals surface area contributed by atoms with Gasteiger partial charge in [0.2, 0.25) is 5.91 Å². The van der Waals surface area contributed by atoms with Crippen molar-refractivity contribution in [1.82, 2.24) is 4.57 Å². The van der Waals surface area contributed by atoms with E-state index in [-0.39, 0.29) is 23.5 Å². The normalized spacial score (nSPS) is 10.3. The van der Waals surface area contributed by atoms with Crippen molar-refractivity contribution >= 4 is 17.6 Å². The molecule has 0 unspecified atom stereocenters. The molecule has 0 bridgehead atoms. The number of rotatable bonds is 5. The Kier molecular flexibility index (Phi) is 3.70. The summed E-state index contributed by atoms with van der Waals surface area (Å²) in [6.07, 6.45) is 1.11. The fourth-order valence-electron chi connectivity index (χ4n) is 1.99. The second kappa shape index (κ2) is 5.45. The predicted molar refractivity (Wildman–Crippen MR) is 72.1 cm³/mol. The largest absolute Gasteiger partial charge is 0.477 e. The van der Waals surface area contributed by atoms with Crippen LogP contribution in [-0.4, -0.2) is 26.5 Å². The standard InChI is InChI=1S/C13H11N3O5/c14-12(17)10-4-2-1-3-8(10)6-15-7-9(16(20)21)5-11(15)13(18)19/h1-5,7H,6H2,(H2,14,17)(H,18,19). The summed E-state index contributed by atoms with van der Waals surface area (Å²) in [5, 5.41) is 19.8. The molecule has 108 valence electrons. The predicted octanol–water partition coefficient (Wildman–Crippen LogP) is 1.24. The van der Waals surface area contributed by atoms with Crippen molar-refractivity contribution in [1.29, 1.82) is 0 Å². The highest BCUT2D eigenvalue weighted by Crippen LogP contribution is 2.19. The van der Waals surface area contributed by atoms with Crippen LogP contribution in [0.1, 0.15) is 26.4 Å².